The number of aryl methyl sites for hydroxylation is 1. The molecule has 17 heavy (non-hydrogen) atoms. The van der Waals surface area contributed by atoms with Crippen LogP contribution in [0.2, 0.25) is 0 Å². The van der Waals surface area contributed by atoms with Crippen molar-refractivity contribution >= 4 is 5.78 Å². The molecule has 1 rings (SSSR count). The Bertz CT molecular complexity index is 335. The molecule has 0 aromatic heterocycles. The lowest BCUT2D eigenvalue weighted by molar-refractivity contribution is 0.0975. The molecule has 0 fully saturated rings. The third kappa shape index (κ3) is 5.16. The van der Waals surface area contributed by atoms with Gasteiger partial charge in [0.25, 0.3) is 0 Å². The molecule has 0 aliphatic heterocycles. The van der Waals surface area contributed by atoms with Gasteiger partial charge in [-0.05, 0) is 30.7 Å². The number of rotatable bonds is 7. The van der Waals surface area contributed by atoms with E-state index in [0.29, 0.717) is 12.3 Å². The topological polar surface area (TPSA) is 17.1 Å². The van der Waals surface area contributed by atoms with E-state index in [1.165, 1.54) is 18.4 Å². The summed E-state index contributed by atoms with van der Waals surface area (Å²) in [4.78, 5) is 11.9. The summed E-state index contributed by atoms with van der Waals surface area (Å²) < 4.78 is 0. The highest BCUT2D eigenvalue weighted by molar-refractivity contribution is 5.96. The molecule has 0 saturated carbocycles. The van der Waals surface area contributed by atoms with Crippen LogP contribution < -0.4 is 0 Å². The van der Waals surface area contributed by atoms with Crippen LogP contribution in [-0.4, -0.2) is 5.78 Å². The number of unbranched alkanes of at least 4 members (excludes halogenated alkanes) is 1. The first-order valence-electron chi connectivity index (χ1n) is 6.75. The molecule has 0 aliphatic carbocycles. The van der Waals surface area contributed by atoms with Crippen molar-refractivity contribution in [1.82, 2.24) is 0 Å². The molecule has 1 aromatic carbocycles. The van der Waals surface area contributed by atoms with Crippen LogP contribution in [0.25, 0.3) is 0 Å². The third-order valence-electron chi connectivity index (χ3n) is 3.04. The van der Waals surface area contributed by atoms with Crippen molar-refractivity contribution in [3.63, 3.8) is 0 Å². The summed E-state index contributed by atoms with van der Waals surface area (Å²) in [6.07, 6.45) is 5.22. The van der Waals surface area contributed by atoms with E-state index < -0.39 is 0 Å². The minimum absolute atomic E-state index is 0.278. The fraction of sp³-hybridized carbons (Fsp3) is 0.562. The van der Waals surface area contributed by atoms with E-state index in [9.17, 15) is 4.79 Å². The summed E-state index contributed by atoms with van der Waals surface area (Å²) in [7, 11) is 0. The summed E-state index contributed by atoms with van der Waals surface area (Å²) in [5.74, 6) is 0.878. The van der Waals surface area contributed by atoms with Crippen molar-refractivity contribution < 1.29 is 4.79 Å². The van der Waals surface area contributed by atoms with Crippen LogP contribution in [0.5, 0.6) is 0 Å². The zero-order chi connectivity index (χ0) is 12.7. The number of carbonyl (C=O) groups excluding carboxylic acids is 1. The van der Waals surface area contributed by atoms with Crippen molar-refractivity contribution in [2.24, 2.45) is 5.92 Å². The fourth-order valence-corrected chi connectivity index (χ4v) is 1.80. The van der Waals surface area contributed by atoms with E-state index in [1.807, 2.05) is 12.1 Å². The molecule has 0 spiro atoms. The molecule has 0 unspecified atom stereocenters. The minimum atomic E-state index is 0.278. The zero-order valence-electron chi connectivity index (χ0n) is 11.3. The van der Waals surface area contributed by atoms with Crippen LogP contribution in [-0.2, 0) is 6.42 Å². The van der Waals surface area contributed by atoms with Gasteiger partial charge < -0.3 is 0 Å². The van der Waals surface area contributed by atoms with E-state index in [4.69, 9.17) is 0 Å². The Balaban J connectivity index is 2.51. The highest BCUT2D eigenvalue weighted by Gasteiger charge is 2.06. The second-order valence-corrected chi connectivity index (χ2v) is 5.16. The summed E-state index contributed by atoms with van der Waals surface area (Å²) in [6, 6.07) is 8.15. The van der Waals surface area contributed by atoms with Gasteiger partial charge in [-0.1, -0.05) is 51.5 Å². The van der Waals surface area contributed by atoms with Crippen molar-refractivity contribution in [2.45, 2.75) is 52.9 Å². The standard InChI is InChI=1S/C16H24O/c1-4-5-6-14-8-10-15(11-9-14)16(17)12-7-13(2)3/h8-11,13H,4-7,12H2,1-3H3. The molecule has 0 heterocycles. The van der Waals surface area contributed by atoms with E-state index in [2.05, 4.69) is 32.9 Å². The van der Waals surface area contributed by atoms with Crippen molar-refractivity contribution in [2.75, 3.05) is 0 Å². The number of benzene rings is 1. The van der Waals surface area contributed by atoms with Gasteiger partial charge in [-0.15, -0.1) is 0 Å². The summed E-state index contributed by atoms with van der Waals surface area (Å²) >= 11 is 0. The van der Waals surface area contributed by atoms with Crippen LogP contribution in [0.1, 0.15) is 62.4 Å². The number of hydrogen-bond donors (Lipinski definition) is 0. The molecular formula is C16H24O. The molecule has 1 aromatic rings. The van der Waals surface area contributed by atoms with Gasteiger partial charge in [-0.25, -0.2) is 0 Å². The maximum atomic E-state index is 11.9. The SMILES string of the molecule is CCCCc1ccc(C(=O)CCC(C)C)cc1. The van der Waals surface area contributed by atoms with E-state index >= 15 is 0 Å². The van der Waals surface area contributed by atoms with Gasteiger partial charge >= 0.3 is 0 Å². The lowest BCUT2D eigenvalue weighted by atomic mass is 9.99. The van der Waals surface area contributed by atoms with Gasteiger partial charge in [0.1, 0.15) is 0 Å². The first-order chi connectivity index (χ1) is 8.13. The van der Waals surface area contributed by atoms with Crippen LogP contribution in [0.4, 0.5) is 0 Å². The summed E-state index contributed by atoms with van der Waals surface area (Å²) in [5, 5.41) is 0. The molecule has 0 aliphatic rings. The van der Waals surface area contributed by atoms with Gasteiger partial charge in [0.05, 0.1) is 0 Å². The number of hydrogen-bond acceptors (Lipinski definition) is 1. The van der Waals surface area contributed by atoms with Gasteiger partial charge in [-0.3, -0.25) is 4.79 Å². The smallest absolute Gasteiger partial charge is 0.162 e. The van der Waals surface area contributed by atoms with Crippen LogP contribution in [0.15, 0.2) is 24.3 Å². The van der Waals surface area contributed by atoms with Crippen LogP contribution >= 0.6 is 0 Å². The van der Waals surface area contributed by atoms with Crippen LogP contribution in [0, 0.1) is 5.92 Å². The Morgan fingerprint density at radius 1 is 1.18 bits per heavy atom. The van der Waals surface area contributed by atoms with Gasteiger partial charge in [-0.2, -0.15) is 0 Å². The Hall–Kier alpha value is -1.11. The second-order valence-electron chi connectivity index (χ2n) is 5.16. The summed E-state index contributed by atoms with van der Waals surface area (Å²) in [5.41, 5.74) is 2.21. The minimum Gasteiger partial charge on any atom is -0.294 e. The second kappa shape index (κ2) is 7.26. The quantitative estimate of drug-likeness (QED) is 0.625. The molecule has 94 valence electrons. The Kier molecular flexibility index (Phi) is 5.96. The average Bonchev–Trinajstić information content (AvgIpc) is 2.34. The molecule has 1 heteroatoms. The van der Waals surface area contributed by atoms with Gasteiger partial charge in [0, 0.05) is 12.0 Å². The monoisotopic (exact) mass is 232 g/mol. The first-order valence-corrected chi connectivity index (χ1v) is 6.75. The zero-order valence-corrected chi connectivity index (χ0v) is 11.3. The maximum Gasteiger partial charge on any atom is 0.162 e. The largest absolute Gasteiger partial charge is 0.294 e. The molecule has 0 amide bonds. The highest BCUT2D eigenvalue weighted by Crippen LogP contribution is 2.12. The Morgan fingerprint density at radius 2 is 1.82 bits per heavy atom. The molecule has 0 N–H and O–H groups in total. The van der Waals surface area contributed by atoms with Crippen LogP contribution in [0.3, 0.4) is 0 Å². The van der Waals surface area contributed by atoms with Crippen molar-refractivity contribution in [3.8, 4) is 0 Å². The predicted octanol–water partition coefficient (Wildman–Crippen LogP) is 4.65. The molecule has 0 saturated heterocycles. The first kappa shape index (κ1) is 14.0. The molecular weight excluding hydrogens is 208 g/mol. The average molecular weight is 232 g/mol. The number of carbonyl (C=O) groups is 1. The van der Waals surface area contributed by atoms with E-state index in [0.717, 1.165) is 18.4 Å². The lowest BCUT2D eigenvalue weighted by Gasteiger charge is -2.05. The summed E-state index contributed by atoms with van der Waals surface area (Å²) in [6.45, 7) is 6.51. The Morgan fingerprint density at radius 3 is 2.35 bits per heavy atom. The van der Waals surface area contributed by atoms with E-state index in [-0.39, 0.29) is 5.78 Å². The number of Topliss-reactive ketones (excluding diaryl/α,β-unsaturated/α-hetero) is 1. The predicted molar refractivity (Wildman–Crippen MR) is 73.5 cm³/mol. The maximum absolute atomic E-state index is 11.9. The lowest BCUT2D eigenvalue weighted by Crippen LogP contribution is -2.01. The third-order valence-corrected chi connectivity index (χ3v) is 3.04. The molecule has 1 nitrogen and oxygen atoms in total. The van der Waals surface area contributed by atoms with Crippen molar-refractivity contribution in [3.05, 3.63) is 35.4 Å². The highest BCUT2D eigenvalue weighted by atomic mass is 16.1. The Labute approximate surface area is 105 Å². The van der Waals surface area contributed by atoms with Gasteiger partial charge in [0.2, 0.25) is 0 Å². The number of ketones is 1. The van der Waals surface area contributed by atoms with E-state index in [1.54, 1.807) is 0 Å². The fourth-order valence-electron chi connectivity index (χ4n) is 1.80. The molecule has 0 radical (unpaired) electrons. The van der Waals surface area contributed by atoms with Crippen molar-refractivity contribution in [1.29, 1.82) is 0 Å². The van der Waals surface area contributed by atoms with Gasteiger partial charge in [0.15, 0.2) is 5.78 Å². The molecule has 0 bridgehead atoms. The molecule has 0 atom stereocenters. The normalized spacial score (nSPS) is 10.8.